The molecule has 0 bridgehead atoms. The first-order valence-corrected chi connectivity index (χ1v) is 5.05. The summed E-state index contributed by atoms with van der Waals surface area (Å²) in [5, 5.41) is 0. The van der Waals surface area contributed by atoms with Crippen molar-refractivity contribution in [3.05, 3.63) is 26.0 Å². The van der Waals surface area contributed by atoms with Crippen LogP contribution in [0.1, 0.15) is 18.5 Å². The Morgan fingerprint density at radius 2 is 2.36 bits per heavy atom. The maximum Gasteiger partial charge on any atom is 0.106 e. The Morgan fingerprint density at radius 1 is 1.73 bits per heavy atom. The third kappa shape index (κ3) is 2.38. The van der Waals surface area contributed by atoms with Crippen LogP contribution >= 0.6 is 38.5 Å². The van der Waals surface area contributed by atoms with E-state index in [1.54, 1.807) is 6.20 Å². The first-order valence-electron chi connectivity index (χ1n) is 3.18. The molecule has 1 aromatic rings. The van der Waals surface area contributed by atoms with Crippen molar-refractivity contribution in [1.82, 2.24) is 4.98 Å². The molecule has 0 saturated heterocycles. The lowest BCUT2D eigenvalue weighted by atomic mass is 10.2. The molecule has 11 heavy (non-hydrogen) atoms. The number of nitrogens with zero attached hydrogens (tertiary/aromatic N) is 1. The van der Waals surface area contributed by atoms with Gasteiger partial charge in [-0.1, -0.05) is 0 Å². The van der Waals surface area contributed by atoms with Gasteiger partial charge in [0.25, 0.3) is 0 Å². The monoisotopic (exact) mass is 326 g/mol. The SMILES string of the molecule is CC(N)c1cc(Br)cnc1I. The Hall–Kier alpha value is 0.320. The van der Waals surface area contributed by atoms with Crippen LogP contribution in [0.15, 0.2) is 16.7 Å². The largest absolute Gasteiger partial charge is 0.324 e. The van der Waals surface area contributed by atoms with Crippen molar-refractivity contribution in [3.63, 3.8) is 0 Å². The maximum atomic E-state index is 5.72. The summed E-state index contributed by atoms with van der Waals surface area (Å²) in [5.74, 6) is 0. The van der Waals surface area contributed by atoms with Crippen molar-refractivity contribution < 1.29 is 0 Å². The van der Waals surface area contributed by atoms with Crippen molar-refractivity contribution in [2.45, 2.75) is 13.0 Å². The number of rotatable bonds is 1. The van der Waals surface area contributed by atoms with E-state index in [-0.39, 0.29) is 6.04 Å². The van der Waals surface area contributed by atoms with E-state index in [0.29, 0.717) is 0 Å². The highest BCUT2D eigenvalue weighted by Gasteiger charge is 2.05. The number of nitrogens with two attached hydrogens (primary N) is 1. The smallest absolute Gasteiger partial charge is 0.106 e. The highest BCUT2D eigenvalue weighted by atomic mass is 127. The molecule has 0 saturated carbocycles. The molecule has 1 unspecified atom stereocenters. The molecule has 1 atom stereocenters. The van der Waals surface area contributed by atoms with Gasteiger partial charge in [-0.15, -0.1) is 0 Å². The summed E-state index contributed by atoms with van der Waals surface area (Å²) in [6, 6.07) is 2.05. The predicted molar refractivity (Wildman–Crippen MR) is 57.3 cm³/mol. The van der Waals surface area contributed by atoms with Gasteiger partial charge in [-0.05, 0) is 51.5 Å². The number of hydrogen-bond acceptors (Lipinski definition) is 2. The van der Waals surface area contributed by atoms with Gasteiger partial charge in [-0.2, -0.15) is 0 Å². The van der Waals surface area contributed by atoms with Crippen LogP contribution in [0.3, 0.4) is 0 Å². The zero-order chi connectivity index (χ0) is 8.43. The highest BCUT2D eigenvalue weighted by Crippen LogP contribution is 2.19. The molecule has 0 amide bonds. The second-order valence-electron chi connectivity index (χ2n) is 2.32. The lowest BCUT2D eigenvalue weighted by molar-refractivity contribution is 0.802. The lowest BCUT2D eigenvalue weighted by Crippen LogP contribution is -2.07. The summed E-state index contributed by atoms with van der Waals surface area (Å²) in [7, 11) is 0. The topological polar surface area (TPSA) is 38.9 Å². The maximum absolute atomic E-state index is 5.72. The van der Waals surface area contributed by atoms with Gasteiger partial charge in [-0.25, -0.2) is 4.98 Å². The van der Waals surface area contributed by atoms with Crippen molar-refractivity contribution in [3.8, 4) is 0 Å². The average molecular weight is 327 g/mol. The van der Waals surface area contributed by atoms with E-state index in [1.165, 1.54) is 0 Å². The van der Waals surface area contributed by atoms with Gasteiger partial charge in [0, 0.05) is 22.3 Å². The number of pyridine rings is 1. The molecule has 1 heterocycles. The molecule has 1 aromatic heterocycles. The van der Waals surface area contributed by atoms with Gasteiger partial charge in [0.15, 0.2) is 0 Å². The fourth-order valence-corrected chi connectivity index (χ4v) is 1.89. The van der Waals surface area contributed by atoms with E-state index in [2.05, 4.69) is 43.5 Å². The number of halogens is 2. The first kappa shape index (κ1) is 9.41. The van der Waals surface area contributed by atoms with E-state index in [9.17, 15) is 0 Å². The fourth-order valence-electron chi connectivity index (χ4n) is 0.758. The highest BCUT2D eigenvalue weighted by molar-refractivity contribution is 14.1. The van der Waals surface area contributed by atoms with E-state index in [0.717, 1.165) is 13.7 Å². The zero-order valence-electron chi connectivity index (χ0n) is 6.01. The Labute approximate surface area is 87.9 Å². The van der Waals surface area contributed by atoms with E-state index < -0.39 is 0 Å². The molecule has 0 aliphatic heterocycles. The molecular formula is C7H8BrIN2. The van der Waals surface area contributed by atoms with Crippen LogP contribution in [0.25, 0.3) is 0 Å². The molecule has 0 aliphatic rings. The molecule has 4 heteroatoms. The third-order valence-corrected chi connectivity index (χ3v) is 2.66. The molecule has 0 aliphatic carbocycles. The van der Waals surface area contributed by atoms with Crippen LogP contribution in [0.4, 0.5) is 0 Å². The van der Waals surface area contributed by atoms with E-state index in [4.69, 9.17) is 5.73 Å². The second kappa shape index (κ2) is 3.82. The van der Waals surface area contributed by atoms with Gasteiger partial charge in [0.05, 0.1) is 0 Å². The summed E-state index contributed by atoms with van der Waals surface area (Å²) < 4.78 is 1.95. The van der Waals surface area contributed by atoms with Gasteiger partial charge in [-0.3, -0.25) is 0 Å². The van der Waals surface area contributed by atoms with E-state index >= 15 is 0 Å². The fraction of sp³-hybridized carbons (Fsp3) is 0.286. The minimum atomic E-state index is 0.0481. The average Bonchev–Trinajstić information content (AvgIpc) is 1.94. The van der Waals surface area contributed by atoms with Crippen LogP contribution in [-0.2, 0) is 0 Å². The Morgan fingerprint density at radius 3 is 2.82 bits per heavy atom. The van der Waals surface area contributed by atoms with Crippen LogP contribution in [0.2, 0.25) is 0 Å². The summed E-state index contributed by atoms with van der Waals surface area (Å²) >= 11 is 5.52. The molecule has 0 spiro atoms. The Kier molecular flexibility index (Phi) is 3.27. The first-order chi connectivity index (χ1) is 5.11. The van der Waals surface area contributed by atoms with Gasteiger partial charge < -0.3 is 5.73 Å². The molecule has 2 N–H and O–H groups in total. The standard InChI is InChI=1S/C7H8BrIN2/c1-4(10)6-2-5(8)3-11-7(6)9/h2-4H,10H2,1H3. The summed E-state index contributed by atoms with van der Waals surface area (Å²) in [4.78, 5) is 4.16. The van der Waals surface area contributed by atoms with Crippen molar-refractivity contribution in [2.75, 3.05) is 0 Å². The third-order valence-electron chi connectivity index (χ3n) is 1.32. The van der Waals surface area contributed by atoms with Gasteiger partial charge in [0.2, 0.25) is 0 Å². The molecule has 0 aromatic carbocycles. The predicted octanol–water partition coefficient (Wildman–Crippen LogP) is 2.47. The van der Waals surface area contributed by atoms with Crippen LogP contribution in [-0.4, -0.2) is 4.98 Å². The summed E-state index contributed by atoms with van der Waals surface area (Å²) in [6.07, 6.45) is 1.77. The molecule has 0 fully saturated rings. The minimum absolute atomic E-state index is 0.0481. The van der Waals surface area contributed by atoms with E-state index in [1.807, 2.05) is 13.0 Å². The number of aromatic nitrogens is 1. The molecule has 60 valence electrons. The Balaban J connectivity index is 3.13. The summed E-state index contributed by atoms with van der Waals surface area (Å²) in [5.41, 5.74) is 6.80. The van der Waals surface area contributed by atoms with Gasteiger partial charge >= 0.3 is 0 Å². The van der Waals surface area contributed by atoms with Crippen molar-refractivity contribution in [2.24, 2.45) is 5.73 Å². The van der Waals surface area contributed by atoms with Crippen LogP contribution in [0.5, 0.6) is 0 Å². The molecule has 0 radical (unpaired) electrons. The van der Waals surface area contributed by atoms with Gasteiger partial charge in [0.1, 0.15) is 3.70 Å². The second-order valence-corrected chi connectivity index (χ2v) is 4.26. The molecule has 2 nitrogen and oxygen atoms in total. The molecular weight excluding hydrogens is 319 g/mol. The zero-order valence-corrected chi connectivity index (χ0v) is 9.76. The number of hydrogen-bond donors (Lipinski definition) is 1. The summed E-state index contributed by atoms with van der Waals surface area (Å²) in [6.45, 7) is 1.95. The quantitative estimate of drug-likeness (QED) is 0.636. The van der Waals surface area contributed by atoms with Crippen LogP contribution in [0, 0.1) is 3.70 Å². The van der Waals surface area contributed by atoms with Crippen molar-refractivity contribution >= 4 is 38.5 Å². The van der Waals surface area contributed by atoms with Crippen molar-refractivity contribution in [1.29, 1.82) is 0 Å². The van der Waals surface area contributed by atoms with Crippen LogP contribution < -0.4 is 5.73 Å². The molecule has 1 rings (SSSR count). The lowest BCUT2D eigenvalue weighted by Gasteiger charge is -2.06. The minimum Gasteiger partial charge on any atom is -0.324 e. The normalized spacial score (nSPS) is 13.1. The Bertz CT molecular complexity index is 263.